The maximum absolute atomic E-state index is 14.2. The van der Waals surface area contributed by atoms with Crippen LogP contribution in [-0.2, 0) is 23.9 Å². The first-order valence-electron chi connectivity index (χ1n) is 14.8. The predicted molar refractivity (Wildman–Crippen MR) is 151 cm³/mol. The molecule has 1 heterocycles. The van der Waals surface area contributed by atoms with Crippen LogP contribution in [-0.4, -0.2) is 64.8 Å². The summed E-state index contributed by atoms with van der Waals surface area (Å²) in [4.78, 5) is 66.8. The van der Waals surface area contributed by atoms with E-state index in [4.69, 9.17) is 10.5 Å². The highest BCUT2D eigenvalue weighted by Crippen LogP contribution is 2.72. The Balaban J connectivity index is 1.90. The van der Waals surface area contributed by atoms with Gasteiger partial charge in [0.15, 0.2) is 0 Å². The van der Waals surface area contributed by atoms with E-state index in [-0.39, 0.29) is 22.7 Å². The second-order valence-electron chi connectivity index (χ2n) is 14.4. The molecule has 40 heavy (non-hydrogen) atoms. The minimum absolute atomic E-state index is 0.0325. The number of rotatable bonds is 10. The van der Waals surface area contributed by atoms with Crippen molar-refractivity contribution < 1.29 is 28.7 Å². The minimum atomic E-state index is -1.08. The van der Waals surface area contributed by atoms with Gasteiger partial charge in [-0.05, 0) is 75.0 Å². The van der Waals surface area contributed by atoms with Crippen molar-refractivity contribution in [2.75, 3.05) is 6.54 Å². The number of hydrogen-bond donors (Lipinski definition) is 3. The molecule has 4 amide bonds. The zero-order valence-electron chi connectivity index (χ0n) is 25.6. The van der Waals surface area contributed by atoms with Gasteiger partial charge in [-0.25, -0.2) is 4.79 Å². The number of carbonyl (C=O) groups is 5. The van der Waals surface area contributed by atoms with Crippen molar-refractivity contribution in [1.82, 2.24) is 15.5 Å². The number of hydrogen-bond acceptors (Lipinski definition) is 6. The number of likely N-dealkylation sites (tertiary alicyclic amines) is 1. The summed E-state index contributed by atoms with van der Waals surface area (Å²) in [5, 5.41) is 5.57. The normalized spacial score (nSPS) is 25.5. The first-order valence-corrected chi connectivity index (χ1v) is 14.8. The van der Waals surface area contributed by atoms with Crippen molar-refractivity contribution in [1.29, 1.82) is 0 Å². The number of carbonyl (C=O) groups excluding carboxylic acids is 5. The first-order chi connectivity index (χ1) is 18.4. The summed E-state index contributed by atoms with van der Waals surface area (Å²) in [6.45, 7) is 15.5. The van der Waals surface area contributed by atoms with Crippen LogP contribution >= 0.6 is 0 Å². The molecule has 3 fully saturated rings. The highest BCUT2D eigenvalue weighted by molar-refractivity contribution is 6.37. The number of alkyl carbamates (subject to hydrolysis) is 1. The summed E-state index contributed by atoms with van der Waals surface area (Å²) < 4.78 is 5.44. The summed E-state index contributed by atoms with van der Waals surface area (Å²) in [6, 6.07) is -2.78. The molecule has 1 spiro atoms. The zero-order chi connectivity index (χ0) is 30.3. The van der Waals surface area contributed by atoms with E-state index in [9.17, 15) is 24.0 Å². The van der Waals surface area contributed by atoms with Crippen LogP contribution in [0.5, 0.6) is 0 Å². The molecule has 1 aliphatic heterocycles. The van der Waals surface area contributed by atoms with Crippen molar-refractivity contribution >= 4 is 29.6 Å². The number of nitrogens with zero attached hydrogens (tertiary/aromatic N) is 1. The molecule has 4 atom stereocenters. The Bertz CT molecular complexity index is 1020. The Morgan fingerprint density at radius 2 is 1.60 bits per heavy atom. The van der Waals surface area contributed by atoms with Gasteiger partial charge in [0.2, 0.25) is 17.6 Å². The number of ketones is 1. The molecule has 4 N–H and O–H groups in total. The fraction of sp³-hybridized carbons (Fsp3) is 0.833. The molecule has 226 valence electrons. The lowest BCUT2D eigenvalue weighted by atomic mass is 9.80. The fourth-order valence-electron chi connectivity index (χ4n) is 6.79. The smallest absolute Gasteiger partial charge is 0.408 e. The van der Waals surface area contributed by atoms with E-state index in [2.05, 4.69) is 24.5 Å². The van der Waals surface area contributed by atoms with Crippen molar-refractivity contribution in [2.24, 2.45) is 27.9 Å². The van der Waals surface area contributed by atoms with E-state index in [1.807, 2.05) is 20.8 Å². The van der Waals surface area contributed by atoms with Gasteiger partial charge in [0.1, 0.15) is 17.7 Å². The predicted octanol–water partition coefficient (Wildman–Crippen LogP) is 3.45. The van der Waals surface area contributed by atoms with E-state index >= 15 is 0 Å². The molecule has 2 saturated carbocycles. The number of nitrogens with one attached hydrogen (secondary N) is 2. The van der Waals surface area contributed by atoms with Crippen LogP contribution in [0.15, 0.2) is 0 Å². The second kappa shape index (κ2) is 11.3. The zero-order valence-corrected chi connectivity index (χ0v) is 25.6. The molecule has 3 aliphatic rings. The van der Waals surface area contributed by atoms with Crippen LogP contribution in [0.2, 0.25) is 0 Å². The molecule has 3 rings (SSSR count). The number of ether oxygens (including phenoxy) is 1. The Hall–Kier alpha value is -2.65. The number of amides is 4. The van der Waals surface area contributed by atoms with Gasteiger partial charge in [0.25, 0.3) is 5.91 Å². The largest absolute Gasteiger partial charge is 0.444 e. The van der Waals surface area contributed by atoms with Gasteiger partial charge < -0.3 is 26.0 Å². The summed E-state index contributed by atoms with van der Waals surface area (Å²) >= 11 is 0. The SMILES string of the molecule is CCC1(CC)C[C@]12CC(C(=O)NC(CC1CCC1)C(=O)C(N)=O)N(C(=O)[C@@H](NC(=O)OC(C)(C)C)C(C)(C)C)C2. The van der Waals surface area contributed by atoms with E-state index in [1.54, 1.807) is 25.7 Å². The monoisotopic (exact) mass is 562 g/mol. The molecule has 0 aromatic rings. The maximum atomic E-state index is 14.2. The molecule has 10 nitrogen and oxygen atoms in total. The quantitative estimate of drug-likeness (QED) is 0.347. The molecular weight excluding hydrogens is 512 g/mol. The highest BCUT2D eigenvalue weighted by atomic mass is 16.6. The van der Waals surface area contributed by atoms with Gasteiger partial charge >= 0.3 is 6.09 Å². The first kappa shape index (κ1) is 31.9. The van der Waals surface area contributed by atoms with Crippen molar-refractivity contribution in [3.05, 3.63) is 0 Å². The van der Waals surface area contributed by atoms with Crippen molar-refractivity contribution in [2.45, 2.75) is 130 Å². The minimum Gasteiger partial charge on any atom is -0.444 e. The van der Waals surface area contributed by atoms with Gasteiger partial charge in [-0.2, -0.15) is 0 Å². The van der Waals surface area contributed by atoms with E-state index in [0.29, 0.717) is 19.4 Å². The van der Waals surface area contributed by atoms with Gasteiger partial charge in [-0.3, -0.25) is 19.2 Å². The third-order valence-electron chi connectivity index (χ3n) is 9.49. The molecule has 2 unspecified atom stereocenters. The highest BCUT2D eigenvalue weighted by Gasteiger charge is 2.70. The van der Waals surface area contributed by atoms with Crippen LogP contribution in [0.3, 0.4) is 0 Å². The average Bonchev–Trinajstić information content (AvgIpc) is 3.26. The summed E-state index contributed by atoms with van der Waals surface area (Å²) in [5.74, 6) is -2.45. The van der Waals surface area contributed by atoms with Gasteiger partial charge in [-0.15, -0.1) is 0 Å². The third-order valence-corrected chi connectivity index (χ3v) is 9.49. The molecule has 0 aromatic carbocycles. The molecule has 0 radical (unpaired) electrons. The van der Waals surface area contributed by atoms with Crippen LogP contribution in [0.4, 0.5) is 4.79 Å². The lowest BCUT2D eigenvalue weighted by Gasteiger charge is -2.36. The molecular formula is C30H50N4O6. The lowest BCUT2D eigenvalue weighted by Crippen LogP contribution is -2.59. The van der Waals surface area contributed by atoms with Crippen molar-refractivity contribution in [3.63, 3.8) is 0 Å². The second-order valence-corrected chi connectivity index (χ2v) is 14.4. The standard InChI is InChI=1S/C30H50N4O6/c1-9-29(10-2)16-30(29)15-20(24(37)32-19(21(35)23(31)36)14-18-12-11-13-18)34(17-30)25(38)22(27(3,4)5)33-26(39)40-28(6,7)8/h18-20,22H,9-17H2,1-8H3,(H2,31,36)(H,32,37)(H,33,39)/t19?,20?,22-,30+/m1/s1. The topological polar surface area (TPSA) is 148 Å². The Morgan fingerprint density at radius 3 is 2.02 bits per heavy atom. The maximum Gasteiger partial charge on any atom is 0.408 e. The average molecular weight is 563 g/mol. The number of primary amides is 1. The summed E-state index contributed by atoms with van der Waals surface area (Å²) in [5.41, 5.74) is 3.73. The van der Waals surface area contributed by atoms with Crippen molar-refractivity contribution in [3.8, 4) is 0 Å². The summed E-state index contributed by atoms with van der Waals surface area (Å²) in [7, 11) is 0. The Labute approximate surface area is 238 Å². The molecule has 1 saturated heterocycles. The lowest BCUT2D eigenvalue weighted by molar-refractivity contribution is -0.143. The third kappa shape index (κ3) is 6.62. The van der Waals surface area contributed by atoms with Gasteiger partial charge in [-0.1, -0.05) is 53.9 Å². The summed E-state index contributed by atoms with van der Waals surface area (Å²) in [6.07, 6.45) is 5.83. The van der Waals surface area contributed by atoms with E-state index in [0.717, 1.165) is 38.5 Å². The molecule has 0 aromatic heterocycles. The Morgan fingerprint density at radius 1 is 1.00 bits per heavy atom. The molecule has 0 bridgehead atoms. The number of Topliss-reactive ketones (excluding diaryl/α,β-unsaturated/α-hetero) is 1. The van der Waals surface area contributed by atoms with E-state index in [1.165, 1.54) is 0 Å². The van der Waals surface area contributed by atoms with Gasteiger partial charge in [0.05, 0.1) is 6.04 Å². The molecule has 2 aliphatic carbocycles. The van der Waals surface area contributed by atoms with Gasteiger partial charge in [0, 0.05) is 6.54 Å². The number of nitrogens with two attached hydrogens (primary N) is 1. The van der Waals surface area contributed by atoms with Crippen LogP contribution in [0, 0.1) is 22.2 Å². The van der Waals surface area contributed by atoms with Crippen LogP contribution in [0.25, 0.3) is 0 Å². The Kier molecular flexibility index (Phi) is 9.02. The van der Waals surface area contributed by atoms with E-state index < -0.39 is 52.8 Å². The fourth-order valence-corrected chi connectivity index (χ4v) is 6.79. The van der Waals surface area contributed by atoms with Crippen LogP contribution in [0.1, 0.15) is 107 Å². The molecule has 10 heteroatoms. The van der Waals surface area contributed by atoms with Crippen LogP contribution < -0.4 is 16.4 Å².